The second-order valence-corrected chi connectivity index (χ2v) is 4.43. The average molecular weight is 267 g/mol. The Bertz CT molecular complexity index is 505. The molecular formula is C14H14ClFNO-. The topological polar surface area (TPSA) is 25.2 Å². The number of hydrogen-bond acceptors (Lipinski definition) is 2. The van der Waals surface area contributed by atoms with E-state index >= 15 is 0 Å². The minimum Gasteiger partial charge on any atom is -1.00 e. The van der Waals surface area contributed by atoms with Gasteiger partial charge in [-0.15, -0.1) is 0 Å². The predicted molar refractivity (Wildman–Crippen MR) is 64.0 cm³/mol. The van der Waals surface area contributed by atoms with Crippen LogP contribution < -0.4 is 17.7 Å². The maximum atomic E-state index is 12.8. The number of nitrogens with one attached hydrogen (secondary N) is 1. The Morgan fingerprint density at radius 1 is 1.11 bits per heavy atom. The third-order valence-electron chi connectivity index (χ3n) is 2.93. The minimum absolute atomic E-state index is 0. The van der Waals surface area contributed by atoms with Gasteiger partial charge >= 0.3 is 0 Å². The monoisotopic (exact) mass is 266 g/mol. The van der Waals surface area contributed by atoms with Gasteiger partial charge in [-0.2, -0.15) is 0 Å². The van der Waals surface area contributed by atoms with Crippen molar-refractivity contribution in [1.82, 2.24) is 5.32 Å². The normalized spacial score (nSPS) is 14.3. The number of halogens is 2. The third kappa shape index (κ3) is 3.12. The quantitative estimate of drug-likeness (QED) is 0.864. The molecule has 0 bridgehead atoms. The van der Waals surface area contributed by atoms with Crippen molar-refractivity contribution in [2.45, 2.75) is 25.4 Å². The first-order chi connectivity index (χ1) is 8.31. The second kappa shape index (κ2) is 5.55. The Hall–Kier alpha value is -1.32. The Kier molecular flexibility index (Phi) is 4.04. The summed E-state index contributed by atoms with van der Waals surface area (Å²) in [6.45, 7) is 0.770. The molecule has 4 heteroatoms. The highest BCUT2D eigenvalue weighted by atomic mass is 35.5. The summed E-state index contributed by atoms with van der Waals surface area (Å²) in [5.74, 6) is 1.49. The van der Waals surface area contributed by atoms with Crippen molar-refractivity contribution >= 4 is 0 Å². The van der Waals surface area contributed by atoms with Gasteiger partial charge in [0, 0.05) is 11.6 Å². The molecule has 1 aliphatic rings. The van der Waals surface area contributed by atoms with Gasteiger partial charge in [-0.1, -0.05) is 0 Å². The molecule has 2 nitrogen and oxygen atoms in total. The van der Waals surface area contributed by atoms with Crippen LogP contribution in [0.1, 0.15) is 18.6 Å². The van der Waals surface area contributed by atoms with Crippen LogP contribution in [0.4, 0.5) is 4.39 Å². The summed E-state index contributed by atoms with van der Waals surface area (Å²) in [7, 11) is 0. The highest BCUT2D eigenvalue weighted by Gasteiger charge is 2.20. The summed E-state index contributed by atoms with van der Waals surface area (Å²) in [6.07, 6.45) is 2.54. The standard InChI is InChI=1S/C14H14FNO.ClH/c15-11-3-1-10(2-4-11)14-8-7-13(17-14)9-16-12-5-6-12;/h1-4,7-8,12,16H,5-6,9H2;1H/p-1. The van der Waals surface area contributed by atoms with Crippen molar-refractivity contribution in [3.63, 3.8) is 0 Å². The second-order valence-electron chi connectivity index (χ2n) is 4.43. The lowest BCUT2D eigenvalue weighted by Crippen LogP contribution is -3.00. The van der Waals surface area contributed by atoms with Crippen molar-refractivity contribution in [2.75, 3.05) is 0 Å². The molecule has 1 aromatic heterocycles. The van der Waals surface area contributed by atoms with Crippen LogP contribution >= 0.6 is 0 Å². The van der Waals surface area contributed by atoms with Crippen LogP contribution in [0.25, 0.3) is 11.3 Å². The first-order valence-corrected chi connectivity index (χ1v) is 5.89. The molecule has 1 N–H and O–H groups in total. The summed E-state index contributed by atoms with van der Waals surface area (Å²) >= 11 is 0. The van der Waals surface area contributed by atoms with E-state index in [0.717, 1.165) is 23.6 Å². The Morgan fingerprint density at radius 3 is 2.50 bits per heavy atom. The molecule has 18 heavy (non-hydrogen) atoms. The van der Waals surface area contributed by atoms with Crippen molar-refractivity contribution in [3.05, 3.63) is 48.0 Å². The average Bonchev–Trinajstić information content (AvgIpc) is 3.06. The molecule has 0 radical (unpaired) electrons. The first-order valence-electron chi connectivity index (χ1n) is 5.89. The third-order valence-corrected chi connectivity index (χ3v) is 2.93. The summed E-state index contributed by atoms with van der Waals surface area (Å²) in [5, 5.41) is 3.39. The maximum absolute atomic E-state index is 12.8. The number of furan rings is 1. The molecule has 2 aromatic rings. The maximum Gasteiger partial charge on any atom is 0.134 e. The van der Waals surface area contributed by atoms with Gasteiger partial charge in [-0.05, 0) is 49.2 Å². The van der Waals surface area contributed by atoms with E-state index in [0.29, 0.717) is 6.04 Å². The summed E-state index contributed by atoms with van der Waals surface area (Å²) in [4.78, 5) is 0. The van der Waals surface area contributed by atoms with Gasteiger partial charge in [-0.25, -0.2) is 4.39 Å². The molecule has 0 amide bonds. The van der Waals surface area contributed by atoms with E-state index < -0.39 is 0 Å². The Labute approximate surface area is 112 Å². The molecule has 1 aromatic carbocycles. The van der Waals surface area contributed by atoms with E-state index in [-0.39, 0.29) is 18.2 Å². The lowest BCUT2D eigenvalue weighted by molar-refractivity contribution is -0.00000463. The Morgan fingerprint density at radius 2 is 1.83 bits per heavy atom. The van der Waals surface area contributed by atoms with Crippen LogP contribution in [0.3, 0.4) is 0 Å². The van der Waals surface area contributed by atoms with E-state index in [2.05, 4.69) is 5.32 Å². The van der Waals surface area contributed by atoms with Gasteiger partial charge in [0.25, 0.3) is 0 Å². The van der Waals surface area contributed by atoms with E-state index in [1.54, 1.807) is 12.1 Å². The fourth-order valence-electron chi connectivity index (χ4n) is 1.77. The SMILES string of the molecule is Fc1ccc(-c2ccc(CNC3CC3)o2)cc1.[Cl-]. The number of benzene rings is 1. The summed E-state index contributed by atoms with van der Waals surface area (Å²) in [5.41, 5.74) is 0.907. The fraction of sp³-hybridized carbons (Fsp3) is 0.286. The van der Waals surface area contributed by atoms with Crippen LogP contribution in [0.2, 0.25) is 0 Å². The number of rotatable bonds is 4. The Balaban J connectivity index is 0.00000120. The minimum atomic E-state index is -0.226. The van der Waals surface area contributed by atoms with E-state index in [1.807, 2.05) is 12.1 Å². The zero-order valence-corrected chi connectivity index (χ0v) is 10.6. The molecule has 1 saturated carbocycles. The summed E-state index contributed by atoms with van der Waals surface area (Å²) < 4.78 is 18.5. The van der Waals surface area contributed by atoms with E-state index in [4.69, 9.17) is 4.42 Å². The first kappa shape index (κ1) is 13.1. The summed E-state index contributed by atoms with van der Waals surface area (Å²) in [6, 6.07) is 10.9. The molecule has 1 aliphatic carbocycles. The van der Waals surface area contributed by atoms with Crippen LogP contribution in [0.15, 0.2) is 40.8 Å². The lowest BCUT2D eigenvalue weighted by atomic mass is 10.2. The van der Waals surface area contributed by atoms with Crippen molar-refractivity contribution in [2.24, 2.45) is 0 Å². The van der Waals surface area contributed by atoms with Gasteiger partial charge < -0.3 is 22.1 Å². The molecule has 3 rings (SSSR count). The van der Waals surface area contributed by atoms with Crippen LogP contribution in [0, 0.1) is 5.82 Å². The molecule has 0 atom stereocenters. The van der Waals surface area contributed by atoms with Crippen molar-refractivity contribution in [3.8, 4) is 11.3 Å². The molecule has 0 unspecified atom stereocenters. The van der Waals surface area contributed by atoms with Gasteiger partial charge in [0.15, 0.2) is 0 Å². The molecular weight excluding hydrogens is 253 g/mol. The zero-order chi connectivity index (χ0) is 11.7. The fourth-order valence-corrected chi connectivity index (χ4v) is 1.77. The van der Waals surface area contributed by atoms with Gasteiger partial charge in [0.2, 0.25) is 0 Å². The molecule has 96 valence electrons. The van der Waals surface area contributed by atoms with Gasteiger partial charge in [-0.3, -0.25) is 0 Å². The highest BCUT2D eigenvalue weighted by molar-refractivity contribution is 5.57. The van der Waals surface area contributed by atoms with E-state index in [9.17, 15) is 4.39 Å². The largest absolute Gasteiger partial charge is 1.00 e. The van der Waals surface area contributed by atoms with Crippen molar-refractivity contribution in [1.29, 1.82) is 0 Å². The molecule has 0 saturated heterocycles. The smallest absolute Gasteiger partial charge is 0.134 e. The molecule has 0 aliphatic heterocycles. The highest BCUT2D eigenvalue weighted by Crippen LogP contribution is 2.23. The lowest BCUT2D eigenvalue weighted by Gasteiger charge is -1.99. The molecule has 1 fully saturated rings. The molecule has 0 spiro atoms. The van der Waals surface area contributed by atoms with Crippen LogP contribution in [0.5, 0.6) is 0 Å². The van der Waals surface area contributed by atoms with Gasteiger partial charge in [0.1, 0.15) is 17.3 Å². The predicted octanol–water partition coefficient (Wildman–Crippen LogP) is 0.342. The van der Waals surface area contributed by atoms with Crippen molar-refractivity contribution < 1.29 is 21.2 Å². The zero-order valence-electron chi connectivity index (χ0n) is 9.83. The van der Waals surface area contributed by atoms with Gasteiger partial charge in [0.05, 0.1) is 6.54 Å². The molecule has 1 heterocycles. The van der Waals surface area contributed by atoms with E-state index in [1.165, 1.54) is 25.0 Å². The van der Waals surface area contributed by atoms with Crippen LogP contribution in [-0.2, 0) is 6.54 Å². The van der Waals surface area contributed by atoms with Crippen LogP contribution in [-0.4, -0.2) is 6.04 Å². The number of hydrogen-bond donors (Lipinski definition) is 1.